The Kier molecular flexibility index (Phi) is 9.99. The molecule has 0 saturated heterocycles. The van der Waals surface area contributed by atoms with Crippen molar-refractivity contribution in [3.63, 3.8) is 0 Å². The van der Waals surface area contributed by atoms with Crippen molar-refractivity contribution < 1.29 is 0 Å². The number of rotatable bonds is 8. The van der Waals surface area contributed by atoms with Crippen LogP contribution in [0.4, 0.5) is 0 Å². The Bertz CT molecular complexity index is 104. The second kappa shape index (κ2) is 9.39. The predicted molar refractivity (Wildman–Crippen MR) is 69.0 cm³/mol. The maximum Gasteiger partial charge on any atom is 0.00338 e. The Morgan fingerprint density at radius 2 is 1.62 bits per heavy atom. The molecule has 1 atom stereocenters. The molecular weight excluding hydrogens is 244 g/mol. The zero-order valence-corrected chi connectivity index (χ0v) is 11.6. The number of alkyl halides is 1. The maximum atomic E-state index is 3.48. The monoisotopic (exact) mass is 266 g/mol. The first-order chi connectivity index (χ1) is 6.16. The molecule has 0 spiro atoms. The van der Waals surface area contributed by atoms with E-state index in [2.05, 4.69) is 48.5 Å². The van der Waals surface area contributed by atoms with E-state index in [4.69, 9.17) is 0 Å². The molecule has 2 heteroatoms. The largest absolute Gasteiger partial charge is 0.162 e. The fourth-order valence-electron chi connectivity index (χ4n) is 1.04. The van der Waals surface area contributed by atoms with E-state index in [1.165, 1.54) is 30.8 Å². The molecule has 0 aliphatic carbocycles. The lowest BCUT2D eigenvalue weighted by atomic mass is 10.1. The topological polar surface area (TPSA) is 0 Å². The molecule has 0 amide bonds. The fraction of sp³-hybridized carbons (Fsp3) is 1.00. The first kappa shape index (κ1) is 13.8. The van der Waals surface area contributed by atoms with Crippen LogP contribution in [0.2, 0.25) is 0 Å². The average molecular weight is 267 g/mol. The maximum absolute atomic E-state index is 3.48. The lowest BCUT2D eigenvalue weighted by Gasteiger charge is -2.09. The Labute approximate surface area is 96.4 Å². The summed E-state index contributed by atoms with van der Waals surface area (Å²) in [5, 5.41) is 1.16. The Morgan fingerprint density at radius 3 is 2.15 bits per heavy atom. The third-order valence-corrected chi connectivity index (χ3v) is 3.70. The van der Waals surface area contributed by atoms with Crippen LogP contribution in [0.15, 0.2) is 0 Å². The van der Waals surface area contributed by atoms with E-state index >= 15 is 0 Å². The minimum atomic E-state index is 0.868. The second-order valence-electron chi connectivity index (χ2n) is 4.17. The molecular formula is C11H23BrS. The van der Waals surface area contributed by atoms with Crippen LogP contribution in [0.5, 0.6) is 0 Å². The summed E-state index contributed by atoms with van der Waals surface area (Å²) in [5.74, 6) is 4.46. The van der Waals surface area contributed by atoms with Crippen molar-refractivity contribution >= 4 is 27.7 Å². The van der Waals surface area contributed by atoms with E-state index < -0.39 is 0 Å². The van der Waals surface area contributed by atoms with Gasteiger partial charge in [0.1, 0.15) is 0 Å². The van der Waals surface area contributed by atoms with Crippen molar-refractivity contribution in [2.24, 2.45) is 11.8 Å². The van der Waals surface area contributed by atoms with Gasteiger partial charge in [-0.25, -0.2) is 0 Å². The molecule has 80 valence electrons. The molecule has 0 aromatic rings. The first-order valence-electron chi connectivity index (χ1n) is 5.30. The molecule has 0 nitrogen and oxygen atoms in total. The van der Waals surface area contributed by atoms with Crippen LogP contribution >= 0.6 is 27.7 Å². The van der Waals surface area contributed by atoms with E-state index in [1.807, 2.05) is 0 Å². The van der Waals surface area contributed by atoms with Crippen LogP contribution in [-0.2, 0) is 0 Å². The highest BCUT2D eigenvalue weighted by Gasteiger charge is 2.00. The summed E-state index contributed by atoms with van der Waals surface area (Å²) in [5.41, 5.74) is 0. The molecule has 0 N–H and O–H groups in total. The molecule has 0 aromatic carbocycles. The minimum absolute atomic E-state index is 0.868. The summed E-state index contributed by atoms with van der Waals surface area (Å²) >= 11 is 5.61. The molecule has 0 aromatic heterocycles. The molecule has 1 unspecified atom stereocenters. The highest BCUT2D eigenvalue weighted by molar-refractivity contribution is 9.09. The standard InChI is InChI=1S/C11H23BrS/c1-10(2)5-8-13-9-6-11(3)4-7-12/h10-11H,4-9H2,1-3H3. The van der Waals surface area contributed by atoms with E-state index in [0.717, 1.165) is 17.2 Å². The number of hydrogen-bond donors (Lipinski definition) is 0. The van der Waals surface area contributed by atoms with Crippen molar-refractivity contribution in [1.29, 1.82) is 0 Å². The number of halogens is 1. The van der Waals surface area contributed by atoms with Gasteiger partial charge in [0.2, 0.25) is 0 Å². The van der Waals surface area contributed by atoms with Crippen LogP contribution < -0.4 is 0 Å². The van der Waals surface area contributed by atoms with Gasteiger partial charge in [0.25, 0.3) is 0 Å². The summed E-state index contributed by atoms with van der Waals surface area (Å²) in [4.78, 5) is 0. The van der Waals surface area contributed by atoms with E-state index in [1.54, 1.807) is 0 Å². The van der Waals surface area contributed by atoms with E-state index in [-0.39, 0.29) is 0 Å². The third kappa shape index (κ3) is 10.8. The number of hydrogen-bond acceptors (Lipinski definition) is 1. The summed E-state index contributed by atoms with van der Waals surface area (Å²) < 4.78 is 0. The van der Waals surface area contributed by atoms with Gasteiger partial charge in [0.05, 0.1) is 0 Å². The van der Waals surface area contributed by atoms with Gasteiger partial charge in [0.15, 0.2) is 0 Å². The van der Waals surface area contributed by atoms with Crippen molar-refractivity contribution in [3.8, 4) is 0 Å². The highest BCUT2D eigenvalue weighted by atomic mass is 79.9. The molecule has 0 fully saturated rings. The van der Waals surface area contributed by atoms with Crippen molar-refractivity contribution in [2.75, 3.05) is 16.8 Å². The van der Waals surface area contributed by atoms with Crippen molar-refractivity contribution in [3.05, 3.63) is 0 Å². The third-order valence-electron chi connectivity index (χ3n) is 2.20. The van der Waals surface area contributed by atoms with Crippen LogP contribution in [0.25, 0.3) is 0 Å². The van der Waals surface area contributed by atoms with E-state index in [0.29, 0.717) is 0 Å². The predicted octanol–water partition coefficient (Wildman–Crippen LogP) is 4.58. The molecule has 0 aliphatic heterocycles. The summed E-state index contributed by atoms with van der Waals surface area (Å²) in [6.45, 7) is 6.95. The summed E-state index contributed by atoms with van der Waals surface area (Å²) in [6, 6.07) is 0. The smallest absolute Gasteiger partial charge is 0.00338 e. The second-order valence-corrected chi connectivity index (χ2v) is 6.18. The molecule has 13 heavy (non-hydrogen) atoms. The molecule has 0 radical (unpaired) electrons. The van der Waals surface area contributed by atoms with Crippen LogP contribution in [-0.4, -0.2) is 16.8 Å². The Balaban J connectivity index is 3.06. The zero-order valence-electron chi connectivity index (χ0n) is 9.18. The van der Waals surface area contributed by atoms with Crippen molar-refractivity contribution in [2.45, 2.75) is 40.0 Å². The van der Waals surface area contributed by atoms with Gasteiger partial charge in [-0.05, 0) is 42.6 Å². The lowest BCUT2D eigenvalue weighted by Crippen LogP contribution is -1.98. The van der Waals surface area contributed by atoms with Gasteiger partial charge in [-0.1, -0.05) is 36.7 Å². The molecule has 0 heterocycles. The Morgan fingerprint density at radius 1 is 1.00 bits per heavy atom. The SMILES string of the molecule is CC(C)CCSCCC(C)CCBr. The lowest BCUT2D eigenvalue weighted by molar-refractivity contribution is 0.554. The molecule has 0 bridgehead atoms. The van der Waals surface area contributed by atoms with Crippen LogP contribution in [0, 0.1) is 11.8 Å². The van der Waals surface area contributed by atoms with Gasteiger partial charge in [0, 0.05) is 5.33 Å². The molecule has 0 saturated carbocycles. The molecule has 0 aliphatic rings. The Hall–Kier alpha value is 0.830. The quantitative estimate of drug-likeness (QED) is 0.458. The normalized spacial score (nSPS) is 13.6. The van der Waals surface area contributed by atoms with Gasteiger partial charge in [-0.15, -0.1) is 0 Å². The van der Waals surface area contributed by atoms with Gasteiger partial charge in [-0.3, -0.25) is 0 Å². The fourth-order valence-corrected chi connectivity index (χ4v) is 3.23. The van der Waals surface area contributed by atoms with Gasteiger partial charge >= 0.3 is 0 Å². The van der Waals surface area contributed by atoms with Crippen LogP contribution in [0.3, 0.4) is 0 Å². The first-order valence-corrected chi connectivity index (χ1v) is 7.58. The van der Waals surface area contributed by atoms with Gasteiger partial charge < -0.3 is 0 Å². The highest BCUT2D eigenvalue weighted by Crippen LogP contribution is 2.15. The van der Waals surface area contributed by atoms with Crippen LogP contribution in [0.1, 0.15) is 40.0 Å². The van der Waals surface area contributed by atoms with Gasteiger partial charge in [-0.2, -0.15) is 11.8 Å². The van der Waals surface area contributed by atoms with Crippen molar-refractivity contribution in [1.82, 2.24) is 0 Å². The summed E-state index contributed by atoms with van der Waals surface area (Å²) in [7, 11) is 0. The number of thioether (sulfide) groups is 1. The average Bonchev–Trinajstić information content (AvgIpc) is 2.03. The minimum Gasteiger partial charge on any atom is -0.162 e. The summed E-state index contributed by atoms with van der Waals surface area (Å²) in [6.07, 6.45) is 4.08. The zero-order chi connectivity index (χ0) is 10.1. The molecule has 0 rings (SSSR count). The van der Waals surface area contributed by atoms with E-state index in [9.17, 15) is 0 Å².